The average Bonchev–Trinajstić information content (AvgIpc) is 2.73. The number of benzene rings is 2. The number of nitriles is 1. The lowest BCUT2D eigenvalue weighted by molar-refractivity contribution is -0.115. The predicted octanol–water partition coefficient (Wildman–Crippen LogP) is 5.06. The van der Waals surface area contributed by atoms with E-state index in [4.69, 9.17) is 4.74 Å². The smallest absolute Gasteiger partial charge is 0.237 e. The van der Waals surface area contributed by atoms with E-state index in [1.807, 2.05) is 61.5 Å². The Morgan fingerprint density at radius 1 is 1.17 bits per heavy atom. The normalized spacial score (nSPS) is 11.4. The van der Waals surface area contributed by atoms with Gasteiger partial charge in [0.2, 0.25) is 5.91 Å². The van der Waals surface area contributed by atoms with Gasteiger partial charge in [-0.25, -0.2) is 4.98 Å². The molecule has 0 radical (unpaired) electrons. The summed E-state index contributed by atoms with van der Waals surface area (Å²) in [5.41, 5.74) is 3.92. The van der Waals surface area contributed by atoms with Gasteiger partial charge in [-0.05, 0) is 67.9 Å². The van der Waals surface area contributed by atoms with Gasteiger partial charge in [-0.1, -0.05) is 23.9 Å². The predicted molar refractivity (Wildman–Crippen MR) is 116 cm³/mol. The third kappa shape index (κ3) is 5.15. The van der Waals surface area contributed by atoms with E-state index in [-0.39, 0.29) is 5.91 Å². The molecule has 1 aromatic heterocycles. The number of hydrogen-bond donors (Lipinski definition) is 1. The summed E-state index contributed by atoms with van der Waals surface area (Å²) in [5, 5.41) is 12.5. The Balaban J connectivity index is 1.79. The summed E-state index contributed by atoms with van der Waals surface area (Å²) in [6, 6.07) is 20.9. The van der Waals surface area contributed by atoms with Crippen molar-refractivity contribution in [3.05, 3.63) is 71.8 Å². The molecule has 1 unspecified atom stereocenters. The van der Waals surface area contributed by atoms with Gasteiger partial charge in [0, 0.05) is 11.3 Å². The van der Waals surface area contributed by atoms with Crippen molar-refractivity contribution in [1.29, 1.82) is 5.26 Å². The first-order valence-electron chi connectivity index (χ1n) is 9.10. The third-order valence-corrected chi connectivity index (χ3v) is 5.41. The number of carbonyl (C=O) groups is 1. The molecule has 29 heavy (non-hydrogen) atoms. The molecular formula is C23H21N3O2S. The number of pyridine rings is 1. The molecule has 0 aliphatic carbocycles. The van der Waals surface area contributed by atoms with E-state index in [2.05, 4.69) is 16.4 Å². The molecule has 1 atom stereocenters. The number of amides is 1. The number of nitrogens with zero attached hydrogens (tertiary/aromatic N) is 2. The lowest BCUT2D eigenvalue weighted by Gasteiger charge is -2.13. The first kappa shape index (κ1) is 20.4. The highest BCUT2D eigenvalue weighted by Gasteiger charge is 2.18. The zero-order valence-electron chi connectivity index (χ0n) is 16.5. The van der Waals surface area contributed by atoms with E-state index in [1.54, 1.807) is 20.1 Å². The molecular weight excluding hydrogens is 382 g/mol. The number of carbonyl (C=O) groups excluding carboxylic acids is 1. The van der Waals surface area contributed by atoms with Crippen molar-refractivity contribution in [2.45, 2.75) is 24.1 Å². The number of anilines is 1. The number of thioether (sulfide) groups is 1. The Morgan fingerprint density at radius 3 is 2.59 bits per heavy atom. The summed E-state index contributed by atoms with van der Waals surface area (Å²) >= 11 is 1.27. The minimum Gasteiger partial charge on any atom is -0.497 e. The number of aromatic nitrogens is 1. The number of ether oxygens (including phenoxy) is 1. The number of hydrogen-bond acceptors (Lipinski definition) is 5. The van der Waals surface area contributed by atoms with Crippen LogP contribution in [0.5, 0.6) is 5.75 Å². The van der Waals surface area contributed by atoms with Crippen LogP contribution < -0.4 is 10.1 Å². The summed E-state index contributed by atoms with van der Waals surface area (Å²) in [4.78, 5) is 17.2. The van der Waals surface area contributed by atoms with Gasteiger partial charge in [0.25, 0.3) is 0 Å². The second-order valence-corrected chi connectivity index (χ2v) is 7.84. The molecule has 1 heterocycles. The molecule has 0 spiro atoms. The fourth-order valence-electron chi connectivity index (χ4n) is 2.73. The first-order valence-corrected chi connectivity index (χ1v) is 9.98. The summed E-state index contributed by atoms with van der Waals surface area (Å²) in [6.45, 7) is 3.78. The zero-order valence-corrected chi connectivity index (χ0v) is 17.3. The van der Waals surface area contributed by atoms with Crippen LogP contribution in [-0.4, -0.2) is 23.3 Å². The maximum atomic E-state index is 12.6. The van der Waals surface area contributed by atoms with Crippen molar-refractivity contribution in [1.82, 2.24) is 4.98 Å². The van der Waals surface area contributed by atoms with Crippen LogP contribution in [-0.2, 0) is 4.79 Å². The third-order valence-electron chi connectivity index (χ3n) is 4.31. The minimum absolute atomic E-state index is 0.138. The van der Waals surface area contributed by atoms with E-state index in [0.717, 1.165) is 28.3 Å². The molecule has 1 N–H and O–H groups in total. The molecule has 0 aliphatic rings. The van der Waals surface area contributed by atoms with Crippen LogP contribution in [0.3, 0.4) is 0 Å². The largest absolute Gasteiger partial charge is 0.497 e. The summed E-state index contributed by atoms with van der Waals surface area (Å²) < 4.78 is 5.19. The highest BCUT2D eigenvalue weighted by atomic mass is 32.2. The Morgan fingerprint density at radius 2 is 1.93 bits per heavy atom. The summed E-state index contributed by atoms with van der Waals surface area (Å²) in [7, 11) is 1.62. The van der Waals surface area contributed by atoms with E-state index >= 15 is 0 Å². The monoisotopic (exact) mass is 403 g/mol. The van der Waals surface area contributed by atoms with Crippen LogP contribution in [0.1, 0.15) is 18.1 Å². The minimum atomic E-state index is -0.416. The van der Waals surface area contributed by atoms with E-state index in [0.29, 0.717) is 10.6 Å². The quantitative estimate of drug-likeness (QED) is 0.583. The van der Waals surface area contributed by atoms with Crippen molar-refractivity contribution in [2.24, 2.45) is 0 Å². The molecule has 0 saturated heterocycles. The highest BCUT2D eigenvalue weighted by Crippen LogP contribution is 2.29. The average molecular weight is 404 g/mol. The molecule has 6 heteroatoms. The van der Waals surface area contributed by atoms with Crippen molar-refractivity contribution >= 4 is 23.4 Å². The Bertz CT molecular complexity index is 1060. The molecule has 0 fully saturated rings. The van der Waals surface area contributed by atoms with Crippen molar-refractivity contribution < 1.29 is 9.53 Å². The van der Waals surface area contributed by atoms with Gasteiger partial charge in [-0.3, -0.25) is 4.79 Å². The van der Waals surface area contributed by atoms with Gasteiger partial charge in [-0.15, -0.1) is 0 Å². The molecule has 0 saturated carbocycles. The highest BCUT2D eigenvalue weighted by molar-refractivity contribution is 8.00. The lowest BCUT2D eigenvalue weighted by Crippen LogP contribution is -2.22. The van der Waals surface area contributed by atoms with Crippen LogP contribution in [0, 0.1) is 18.3 Å². The summed E-state index contributed by atoms with van der Waals surface area (Å²) in [5.74, 6) is 0.625. The second-order valence-electron chi connectivity index (χ2n) is 6.51. The molecule has 5 nitrogen and oxygen atoms in total. The van der Waals surface area contributed by atoms with Crippen LogP contribution in [0.25, 0.3) is 11.3 Å². The van der Waals surface area contributed by atoms with Crippen LogP contribution >= 0.6 is 11.8 Å². The molecule has 3 rings (SSSR count). The van der Waals surface area contributed by atoms with E-state index in [9.17, 15) is 10.1 Å². The first-order chi connectivity index (χ1) is 14.0. The van der Waals surface area contributed by atoms with Gasteiger partial charge in [0.05, 0.1) is 23.6 Å². The number of methoxy groups -OCH3 is 1. The van der Waals surface area contributed by atoms with Crippen LogP contribution in [0.4, 0.5) is 5.69 Å². The van der Waals surface area contributed by atoms with Gasteiger partial charge in [-0.2, -0.15) is 5.26 Å². The lowest BCUT2D eigenvalue weighted by atomic mass is 10.1. The van der Waals surface area contributed by atoms with E-state index < -0.39 is 5.25 Å². The molecule has 146 valence electrons. The van der Waals surface area contributed by atoms with Gasteiger partial charge in [0.15, 0.2) is 0 Å². The molecule has 0 bridgehead atoms. The van der Waals surface area contributed by atoms with E-state index in [1.165, 1.54) is 11.8 Å². The molecule has 1 amide bonds. The maximum absolute atomic E-state index is 12.6. The zero-order chi connectivity index (χ0) is 20.8. The van der Waals surface area contributed by atoms with Crippen LogP contribution in [0.2, 0.25) is 0 Å². The fraction of sp³-hybridized carbons (Fsp3) is 0.174. The summed E-state index contributed by atoms with van der Waals surface area (Å²) in [6.07, 6.45) is 0. The SMILES string of the molecule is COc1ccc(-c2ccc(C#N)c(SC(C)C(=O)Nc3cccc(C)c3)n2)cc1. The van der Waals surface area contributed by atoms with Gasteiger partial charge >= 0.3 is 0 Å². The van der Waals surface area contributed by atoms with Crippen molar-refractivity contribution in [2.75, 3.05) is 12.4 Å². The van der Waals surface area contributed by atoms with Crippen molar-refractivity contribution in [3.63, 3.8) is 0 Å². The van der Waals surface area contributed by atoms with Crippen LogP contribution in [0.15, 0.2) is 65.7 Å². The molecule has 2 aromatic carbocycles. The number of aryl methyl sites for hydroxylation is 1. The van der Waals surface area contributed by atoms with Crippen molar-refractivity contribution in [3.8, 4) is 23.1 Å². The maximum Gasteiger partial charge on any atom is 0.237 e. The second kappa shape index (κ2) is 9.26. The molecule has 0 aliphatic heterocycles. The molecule has 3 aromatic rings. The fourth-order valence-corrected chi connectivity index (χ4v) is 3.62. The Hall–Kier alpha value is -3.30. The Labute approximate surface area is 174 Å². The topological polar surface area (TPSA) is 75.0 Å². The number of rotatable bonds is 6. The number of nitrogens with one attached hydrogen (secondary N) is 1. The standard InChI is InChI=1S/C23H21N3O2S/c1-15-5-4-6-19(13-15)25-22(27)16(2)29-23-18(14-24)9-12-21(26-23)17-7-10-20(28-3)11-8-17/h4-13,16H,1-3H3,(H,25,27). The van der Waals surface area contributed by atoms with Gasteiger partial charge in [0.1, 0.15) is 16.8 Å². The van der Waals surface area contributed by atoms with Gasteiger partial charge < -0.3 is 10.1 Å². The Kier molecular flexibility index (Phi) is 6.53.